The summed E-state index contributed by atoms with van der Waals surface area (Å²) in [6, 6.07) is 7.38. The third kappa shape index (κ3) is 5.17. The Morgan fingerprint density at radius 2 is 1.88 bits per heavy atom. The Balaban J connectivity index is 2.43. The molecule has 0 aliphatic carbocycles. The van der Waals surface area contributed by atoms with Crippen LogP contribution >= 0.6 is 0 Å². The van der Waals surface area contributed by atoms with E-state index >= 15 is 0 Å². The van der Waals surface area contributed by atoms with Crippen LogP contribution in [0.5, 0.6) is 5.75 Å². The van der Waals surface area contributed by atoms with Crippen molar-refractivity contribution in [3.63, 3.8) is 0 Å². The molecule has 0 atom stereocenters. The molecule has 1 aromatic carbocycles. The highest BCUT2D eigenvalue weighted by Crippen LogP contribution is 2.12. The number of carbonyl (C=O) groups is 1. The Labute approximate surface area is 101 Å². The second kappa shape index (κ2) is 7.46. The van der Waals surface area contributed by atoms with E-state index in [9.17, 15) is 4.79 Å². The fraction of sp³-hybridized carbons (Fsp3) is 0.308. The summed E-state index contributed by atoms with van der Waals surface area (Å²) >= 11 is 0. The van der Waals surface area contributed by atoms with Crippen molar-refractivity contribution >= 4 is 12.0 Å². The largest absolute Gasteiger partial charge is 0.497 e. The van der Waals surface area contributed by atoms with Gasteiger partial charge >= 0.3 is 5.97 Å². The first-order chi connectivity index (χ1) is 8.26. The van der Waals surface area contributed by atoms with Gasteiger partial charge in [0, 0.05) is 13.2 Å². The van der Waals surface area contributed by atoms with Crippen LogP contribution in [0.15, 0.2) is 30.3 Å². The molecule has 0 amide bonds. The molecule has 0 saturated carbocycles. The zero-order chi connectivity index (χ0) is 12.5. The SMILES string of the molecule is COCCOC(=O)C=Cc1ccc(OC)cc1. The number of methoxy groups -OCH3 is 2. The summed E-state index contributed by atoms with van der Waals surface area (Å²) in [7, 11) is 3.17. The van der Waals surface area contributed by atoms with E-state index in [0.29, 0.717) is 6.61 Å². The van der Waals surface area contributed by atoms with Crippen molar-refractivity contribution in [1.82, 2.24) is 0 Å². The van der Waals surface area contributed by atoms with Crippen LogP contribution in [0, 0.1) is 0 Å². The van der Waals surface area contributed by atoms with Gasteiger partial charge in [-0.3, -0.25) is 0 Å². The molecule has 0 aromatic heterocycles. The van der Waals surface area contributed by atoms with E-state index in [1.54, 1.807) is 20.3 Å². The Morgan fingerprint density at radius 3 is 2.47 bits per heavy atom. The lowest BCUT2D eigenvalue weighted by atomic mass is 10.2. The average Bonchev–Trinajstić information content (AvgIpc) is 2.37. The molecule has 0 unspecified atom stereocenters. The first kappa shape index (κ1) is 13.3. The van der Waals surface area contributed by atoms with Gasteiger partial charge in [-0.2, -0.15) is 0 Å². The van der Waals surface area contributed by atoms with E-state index in [1.165, 1.54) is 6.08 Å². The topological polar surface area (TPSA) is 44.8 Å². The van der Waals surface area contributed by atoms with Gasteiger partial charge in [0.25, 0.3) is 0 Å². The summed E-state index contributed by atoms with van der Waals surface area (Å²) in [6.45, 7) is 0.671. The van der Waals surface area contributed by atoms with Gasteiger partial charge in [0.15, 0.2) is 0 Å². The molecule has 0 saturated heterocycles. The highest BCUT2D eigenvalue weighted by atomic mass is 16.6. The summed E-state index contributed by atoms with van der Waals surface area (Å²) in [4.78, 5) is 11.2. The van der Waals surface area contributed by atoms with Crippen LogP contribution in [0.2, 0.25) is 0 Å². The predicted octanol–water partition coefficient (Wildman–Crippen LogP) is 1.90. The van der Waals surface area contributed by atoms with Gasteiger partial charge in [0.2, 0.25) is 0 Å². The van der Waals surface area contributed by atoms with Crippen molar-refractivity contribution < 1.29 is 19.0 Å². The van der Waals surface area contributed by atoms with E-state index < -0.39 is 0 Å². The zero-order valence-corrected chi connectivity index (χ0v) is 10.0. The third-order valence-electron chi connectivity index (χ3n) is 2.06. The summed E-state index contributed by atoms with van der Waals surface area (Å²) in [5, 5.41) is 0. The smallest absolute Gasteiger partial charge is 0.330 e. The zero-order valence-electron chi connectivity index (χ0n) is 10.0. The molecule has 0 heterocycles. The lowest BCUT2D eigenvalue weighted by Gasteiger charge is -2.00. The van der Waals surface area contributed by atoms with Gasteiger partial charge in [-0.1, -0.05) is 12.1 Å². The summed E-state index contributed by atoms with van der Waals surface area (Å²) < 4.78 is 14.7. The molecule has 0 fully saturated rings. The Bertz CT molecular complexity index is 368. The molecule has 0 aliphatic rings. The second-order valence-electron chi connectivity index (χ2n) is 3.27. The van der Waals surface area contributed by atoms with Crippen molar-refractivity contribution in [2.45, 2.75) is 0 Å². The molecule has 0 radical (unpaired) electrons. The van der Waals surface area contributed by atoms with Gasteiger partial charge in [-0.25, -0.2) is 4.79 Å². The lowest BCUT2D eigenvalue weighted by Crippen LogP contribution is -2.06. The molecule has 92 valence electrons. The lowest BCUT2D eigenvalue weighted by molar-refractivity contribution is -0.138. The van der Waals surface area contributed by atoms with E-state index in [1.807, 2.05) is 24.3 Å². The Kier molecular flexibility index (Phi) is 5.82. The van der Waals surface area contributed by atoms with Gasteiger partial charge in [-0.15, -0.1) is 0 Å². The highest BCUT2D eigenvalue weighted by molar-refractivity contribution is 5.87. The Morgan fingerprint density at radius 1 is 1.18 bits per heavy atom. The first-order valence-electron chi connectivity index (χ1n) is 5.24. The first-order valence-corrected chi connectivity index (χ1v) is 5.24. The van der Waals surface area contributed by atoms with Crippen molar-refractivity contribution in [1.29, 1.82) is 0 Å². The molecule has 1 rings (SSSR count). The van der Waals surface area contributed by atoms with Gasteiger partial charge in [-0.05, 0) is 23.8 Å². The molecule has 0 aliphatic heterocycles. The average molecular weight is 236 g/mol. The summed E-state index contributed by atoms with van der Waals surface area (Å²) in [5.74, 6) is 0.405. The molecular weight excluding hydrogens is 220 g/mol. The fourth-order valence-electron chi connectivity index (χ4n) is 1.15. The quantitative estimate of drug-likeness (QED) is 0.430. The molecule has 4 heteroatoms. The number of esters is 1. The second-order valence-corrected chi connectivity index (χ2v) is 3.27. The van der Waals surface area contributed by atoms with E-state index in [-0.39, 0.29) is 12.6 Å². The van der Waals surface area contributed by atoms with E-state index in [2.05, 4.69) is 0 Å². The number of benzene rings is 1. The van der Waals surface area contributed by atoms with Crippen molar-refractivity contribution in [2.75, 3.05) is 27.4 Å². The monoisotopic (exact) mass is 236 g/mol. The van der Waals surface area contributed by atoms with Crippen molar-refractivity contribution in [2.24, 2.45) is 0 Å². The number of carbonyl (C=O) groups excluding carboxylic acids is 1. The third-order valence-corrected chi connectivity index (χ3v) is 2.06. The van der Waals surface area contributed by atoms with E-state index in [4.69, 9.17) is 14.2 Å². The normalized spacial score (nSPS) is 10.5. The molecule has 0 spiro atoms. The molecule has 1 aromatic rings. The maximum absolute atomic E-state index is 11.2. The minimum absolute atomic E-state index is 0.266. The molecule has 17 heavy (non-hydrogen) atoms. The minimum atomic E-state index is -0.377. The van der Waals surface area contributed by atoms with Crippen LogP contribution in [0.4, 0.5) is 0 Å². The van der Waals surface area contributed by atoms with Gasteiger partial charge in [0.1, 0.15) is 12.4 Å². The summed E-state index contributed by atoms with van der Waals surface area (Å²) in [6.07, 6.45) is 3.08. The number of hydrogen-bond donors (Lipinski definition) is 0. The van der Waals surface area contributed by atoms with Gasteiger partial charge < -0.3 is 14.2 Å². The maximum atomic E-state index is 11.2. The minimum Gasteiger partial charge on any atom is -0.497 e. The molecule has 4 nitrogen and oxygen atoms in total. The highest BCUT2D eigenvalue weighted by Gasteiger charge is 1.96. The predicted molar refractivity (Wildman–Crippen MR) is 64.9 cm³/mol. The standard InChI is InChI=1S/C13H16O4/c1-15-9-10-17-13(14)8-5-11-3-6-12(16-2)7-4-11/h3-8H,9-10H2,1-2H3. The van der Waals surface area contributed by atoms with E-state index in [0.717, 1.165) is 11.3 Å². The van der Waals surface area contributed by atoms with Crippen LogP contribution < -0.4 is 4.74 Å². The van der Waals surface area contributed by atoms with Crippen LogP contribution in [-0.2, 0) is 14.3 Å². The number of hydrogen-bond acceptors (Lipinski definition) is 4. The van der Waals surface area contributed by atoms with Crippen LogP contribution in [-0.4, -0.2) is 33.4 Å². The number of ether oxygens (including phenoxy) is 3. The van der Waals surface area contributed by atoms with Gasteiger partial charge in [0.05, 0.1) is 13.7 Å². The molecule has 0 bridgehead atoms. The summed E-state index contributed by atoms with van der Waals surface area (Å²) in [5.41, 5.74) is 0.912. The number of rotatable bonds is 6. The Hall–Kier alpha value is -1.81. The van der Waals surface area contributed by atoms with Crippen molar-refractivity contribution in [3.8, 4) is 5.75 Å². The van der Waals surface area contributed by atoms with Crippen LogP contribution in [0.3, 0.4) is 0 Å². The van der Waals surface area contributed by atoms with Crippen molar-refractivity contribution in [3.05, 3.63) is 35.9 Å². The molecular formula is C13H16O4. The fourth-order valence-corrected chi connectivity index (χ4v) is 1.15. The maximum Gasteiger partial charge on any atom is 0.330 e. The van der Waals surface area contributed by atoms with Crippen LogP contribution in [0.1, 0.15) is 5.56 Å². The van der Waals surface area contributed by atoms with Crippen LogP contribution in [0.25, 0.3) is 6.08 Å². The molecule has 0 N–H and O–H groups in total.